The molecule has 1 atom stereocenters. The minimum Gasteiger partial charge on any atom is -0.382 e. The van der Waals surface area contributed by atoms with Gasteiger partial charge in [-0.3, -0.25) is 14.2 Å². The normalized spacial score (nSPS) is 17.5. The molecule has 1 unspecified atom stereocenters. The first-order chi connectivity index (χ1) is 23.0. The summed E-state index contributed by atoms with van der Waals surface area (Å²) in [5, 5.41) is 21.6. The fraction of sp³-hybridized carbons (Fsp3) is 0.414. The van der Waals surface area contributed by atoms with Gasteiger partial charge in [0.25, 0.3) is 11.8 Å². The monoisotopic (exact) mass is 723 g/mol. The molecule has 6 rings (SSSR count). The van der Waals surface area contributed by atoms with E-state index in [0.29, 0.717) is 9.59 Å². The number of carbonyl (C=O) groups is 2. The molecule has 2 aliphatic rings. The number of hydrogen-bond donors (Lipinski definition) is 2. The summed E-state index contributed by atoms with van der Waals surface area (Å²) in [5.41, 5.74) is -1.18. The Morgan fingerprint density at radius 2 is 1.78 bits per heavy atom. The number of sulfone groups is 1. The van der Waals surface area contributed by atoms with Crippen molar-refractivity contribution in [3.63, 3.8) is 0 Å². The molecule has 1 saturated carbocycles. The second-order valence-corrected chi connectivity index (χ2v) is 14.8. The maximum atomic E-state index is 13.8. The highest BCUT2D eigenvalue weighted by Gasteiger charge is 2.41. The van der Waals surface area contributed by atoms with Crippen LogP contribution in [0.4, 0.5) is 13.2 Å². The quantitative estimate of drug-likeness (QED) is 0.256. The van der Waals surface area contributed by atoms with Crippen molar-refractivity contribution >= 4 is 33.3 Å². The fourth-order valence-electron chi connectivity index (χ4n) is 5.09. The Morgan fingerprint density at radius 1 is 1.10 bits per heavy atom. The molecular weight excluding hydrogens is 695 g/mol. The highest BCUT2D eigenvalue weighted by molar-refractivity contribution is 7.91. The summed E-state index contributed by atoms with van der Waals surface area (Å²) in [6, 6.07) is 8.75. The molecule has 15 nitrogen and oxygen atoms in total. The van der Waals surface area contributed by atoms with Crippen LogP contribution in [0.1, 0.15) is 46.6 Å². The first-order valence-corrected chi connectivity index (χ1v) is 17.2. The molecule has 0 spiro atoms. The number of pyridine rings is 1. The smallest absolute Gasteiger partial charge is 0.382 e. The number of amides is 2. The lowest BCUT2D eigenvalue weighted by Gasteiger charge is -2.26. The Hall–Kier alpha value is -4.62. The fourth-order valence-corrected chi connectivity index (χ4v) is 6.42. The topological polar surface area (TPSA) is 187 Å². The number of rotatable bonds is 9. The van der Waals surface area contributed by atoms with Gasteiger partial charge in [0.15, 0.2) is 33.4 Å². The van der Waals surface area contributed by atoms with Crippen molar-refractivity contribution in [2.75, 3.05) is 24.6 Å². The standard InChI is InChI=1S/C29H29ClF3N9O6S/c1-28(8-9-28)36-25(44)19-3-2-10-34-23(19)42-24(26(45)39-11-13-49(47,48)14-12-39)35-21(37-42)16-41-27(46)40(15-20(43)29(31,32)33)22(38-41)17-4-6-18(30)7-5-17/h2-7,10,20,43H,8-9,11-16H2,1H3,(H,36,44). The number of aliphatic hydroxyl groups excluding tert-OH is 1. The minimum atomic E-state index is -5.04. The van der Waals surface area contributed by atoms with Crippen LogP contribution in [-0.4, -0.2) is 107 Å². The maximum absolute atomic E-state index is 13.8. The van der Waals surface area contributed by atoms with Crippen molar-refractivity contribution in [3.8, 4) is 17.2 Å². The molecule has 0 bridgehead atoms. The zero-order valence-corrected chi connectivity index (χ0v) is 27.3. The molecule has 2 N–H and O–H groups in total. The molecule has 2 amide bonds. The number of carbonyl (C=O) groups excluding carboxylic acids is 2. The molecule has 260 valence electrons. The van der Waals surface area contributed by atoms with Crippen molar-refractivity contribution in [3.05, 3.63) is 75.3 Å². The predicted molar refractivity (Wildman–Crippen MR) is 167 cm³/mol. The van der Waals surface area contributed by atoms with Crippen molar-refractivity contribution in [1.29, 1.82) is 0 Å². The second kappa shape index (κ2) is 12.7. The highest BCUT2D eigenvalue weighted by Crippen LogP contribution is 2.35. The van der Waals surface area contributed by atoms with Gasteiger partial charge < -0.3 is 15.3 Å². The maximum Gasteiger partial charge on any atom is 0.416 e. The third-order valence-electron chi connectivity index (χ3n) is 8.17. The van der Waals surface area contributed by atoms with E-state index < -0.39 is 58.3 Å². The van der Waals surface area contributed by atoms with E-state index >= 15 is 0 Å². The summed E-state index contributed by atoms with van der Waals surface area (Å²) >= 11 is 5.96. The number of alkyl halides is 3. The Morgan fingerprint density at radius 3 is 2.41 bits per heavy atom. The van der Waals surface area contributed by atoms with E-state index in [1.165, 1.54) is 47.5 Å². The summed E-state index contributed by atoms with van der Waals surface area (Å²) in [4.78, 5) is 50.5. The van der Waals surface area contributed by atoms with E-state index in [1.807, 2.05) is 6.92 Å². The summed E-state index contributed by atoms with van der Waals surface area (Å²) in [6.45, 7) is -0.116. The van der Waals surface area contributed by atoms with Crippen LogP contribution < -0.4 is 11.0 Å². The van der Waals surface area contributed by atoms with Crippen LogP contribution >= 0.6 is 11.6 Å². The van der Waals surface area contributed by atoms with Gasteiger partial charge in [0.1, 0.15) is 6.54 Å². The number of nitrogens with zero attached hydrogens (tertiary/aromatic N) is 8. The van der Waals surface area contributed by atoms with Gasteiger partial charge in [0, 0.05) is 35.4 Å². The molecule has 1 aliphatic heterocycles. The van der Waals surface area contributed by atoms with Crippen LogP contribution in [0.2, 0.25) is 5.02 Å². The summed E-state index contributed by atoms with van der Waals surface area (Å²) in [6.07, 6.45) is -5.03. The number of halogens is 4. The second-order valence-electron chi connectivity index (χ2n) is 12.0. The van der Waals surface area contributed by atoms with Crippen molar-refractivity contribution in [2.45, 2.75) is 50.7 Å². The molecule has 1 saturated heterocycles. The Kier molecular flexibility index (Phi) is 8.86. The summed E-state index contributed by atoms with van der Waals surface area (Å²) in [7, 11) is -3.35. The van der Waals surface area contributed by atoms with Gasteiger partial charge in [0.05, 0.1) is 23.6 Å². The van der Waals surface area contributed by atoms with E-state index in [4.69, 9.17) is 11.6 Å². The van der Waals surface area contributed by atoms with Gasteiger partial charge in [-0.25, -0.2) is 27.9 Å². The first-order valence-electron chi connectivity index (χ1n) is 15.0. The van der Waals surface area contributed by atoms with Crippen LogP contribution in [0.3, 0.4) is 0 Å². The van der Waals surface area contributed by atoms with E-state index in [-0.39, 0.29) is 59.0 Å². The Labute approximate surface area is 281 Å². The Bertz CT molecular complexity index is 2080. The van der Waals surface area contributed by atoms with Gasteiger partial charge in [0.2, 0.25) is 5.82 Å². The van der Waals surface area contributed by atoms with E-state index in [9.17, 15) is 41.1 Å². The summed E-state index contributed by atoms with van der Waals surface area (Å²) in [5.74, 6) is -2.63. The van der Waals surface area contributed by atoms with Crippen LogP contribution in [0.5, 0.6) is 0 Å². The van der Waals surface area contributed by atoms with Crippen LogP contribution in [0.15, 0.2) is 47.4 Å². The Balaban J connectivity index is 1.42. The number of hydrogen-bond acceptors (Lipinski definition) is 10. The van der Waals surface area contributed by atoms with Crippen LogP contribution in [0.25, 0.3) is 17.2 Å². The highest BCUT2D eigenvalue weighted by atomic mass is 35.5. The zero-order valence-electron chi connectivity index (χ0n) is 25.8. The predicted octanol–water partition coefficient (Wildman–Crippen LogP) is 1.47. The van der Waals surface area contributed by atoms with Gasteiger partial charge >= 0.3 is 11.9 Å². The minimum absolute atomic E-state index is 0.0509. The van der Waals surface area contributed by atoms with E-state index in [1.54, 1.807) is 0 Å². The van der Waals surface area contributed by atoms with Gasteiger partial charge in [-0.15, -0.1) is 10.2 Å². The van der Waals surface area contributed by atoms with E-state index in [0.717, 1.165) is 22.2 Å². The van der Waals surface area contributed by atoms with Crippen LogP contribution in [-0.2, 0) is 22.9 Å². The zero-order chi connectivity index (χ0) is 35.3. The van der Waals surface area contributed by atoms with Gasteiger partial charge in [-0.05, 0) is 56.2 Å². The molecule has 3 aromatic heterocycles. The molecule has 49 heavy (non-hydrogen) atoms. The summed E-state index contributed by atoms with van der Waals surface area (Å²) < 4.78 is 66.5. The molecule has 2 fully saturated rings. The number of aromatic nitrogens is 7. The SMILES string of the molecule is CC1(NC(=O)c2cccnc2-n2nc(Cn3nc(-c4ccc(Cl)cc4)n(CC(O)C(F)(F)F)c3=O)nc2C(=O)N2CCS(=O)(=O)CC2)CC1. The van der Waals surface area contributed by atoms with Crippen molar-refractivity contribution in [1.82, 2.24) is 44.3 Å². The van der Waals surface area contributed by atoms with Crippen LogP contribution in [0, 0.1) is 0 Å². The average Bonchev–Trinajstić information content (AvgIpc) is 3.49. The van der Waals surface area contributed by atoms with Crippen molar-refractivity contribution in [2.24, 2.45) is 0 Å². The average molecular weight is 724 g/mol. The first kappa shape index (κ1) is 34.3. The lowest BCUT2D eigenvalue weighted by atomic mass is 10.2. The lowest BCUT2D eigenvalue weighted by molar-refractivity contribution is -0.207. The molecule has 1 aliphatic carbocycles. The molecule has 4 aromatic rings. The number of aliphatic hydroxyl groups is 1. The van der Waals surface area contributed by atoms with Gasteiger partial charge in [-0.2, -0.15) is 17.9 Å². The van der Waals surface area contributed by atoms with Crippen molar-refractivity contribution < 1.29 is 36.3 Å². The third kappa shape index (κ3) is 7.37. The molecule has 1 aromatic carbocycles. The number of nitrogens with one attached hydrogen (secondary N) is 1. The number of benzene rings is 1. The van der Waals surface area contributed by atoms with E-state index in [2.05, 4.69) is 25.5 Å². The lowest BCUT2D eigenvalue weighted by Crippen LogP contribution is -2.44. The largest absolute Gasteiger partial charge is 0.416 e. The molecule has 20 heteroatoms. The third-order valence-corrected chi connectivity index (χ3v) is 10.0. The molecule has 4 heterocycles. The molecule has 0 radical (unpaired) electrons. The van der Waals surface area contributed by atoms with Gasteiger partial charge in [-0.1, -0.05) is 11.6 Å². The molecular formula is C29H29ClF3N9O6S.